The summed E-state index contributed by atoms with van der Waals surface area (Å²) < 4.78 is 52.8. The molecule has 120 valence electrons. The van der Waals surface area contributed by atoms with E-state index in [4.69, 9.17) is 0 Å². The number of anilines is 2. The minimum absolute atomic E-state index is 0.193. The third-order valence-electron chi connectivity index (χ3n) is 2.74. The van der Waals surface area contributed by atoms with Gasteiger partial charge >= 0.3 is 0 Å². The molecule has 0 atom stereocenters. The summed E-state index contributed by atoms with van der Waals surface area (Å²) in [5.74, 6) is -5.97. The molecular weight excluding hydrogens is 316 g/mol. The number of rotatable bonds is 3. The van der Waals surface area contributed by atoms with Crippen LogP contribution in [-0.4, -0.2) is 11.8 Å². The van der Waals surface area contributed by atoms with Crippen molar-refractivity contribution in [1.29, 1.82) is 0 Å². The Kier molecular flexibility index (Phi) is 4.63. The smallest absolute Gasteiger partial charge is 0.255 e. The van der Waals surface area contributed by atoms with E-state index in [-0.39, 0.29) is 16.9 Å². The van der Waals surface area contributed by atoms with Crippen molar-refractivity contribution in [2.75, 3.05) is 10.6 Å². The van der Waals surface area contributed by atoms with E-state index >= 15 is 0 Å². The van der Waals surface area contributed by atoms with Crippen molar-refractivity contribution in [3.63, 3.8) is 0 Å². The van der Waals surface area contributed by atoms with Gasteiger partial charge in [-0.05, 0) is 12.1 Å². The van der Waals surface area contributed by atoms with Gasteiger partial charge in [-0.2, -0.15) is 0 Å². The van der Waals surface area contributed by atoms with Gasteiger partial charge in [0.1, 0.15) is 11.6 Å². The zero-order valence-electron chi connectivity index (χ0n) is 11.7. The van der Waals surface area contributed by atoms with Crippen LogP contribution in [0, 0.1) is 23.3 Å². The summed E-state index contributed by atoms with van der Waals surface area (Å²) in [5, 5.41) is 4.37. The molecule has 0 bridgehead atoms. The molecule has 2 N–H and O–H groups in total. The predicted molar refractivity (Wildman–Crippen MR) is 75.0 cm³/mol. The van der Waals surface area contributed by atoms with Gasteiger partial charge in [0.15, 0.2) is 11.6 Å². The molecular formula is C15H10F4N2O2. The average molecular weight is 326 g/mol. The number of nitrogens with one attached hydrogen (secondary N) is 2. The van der Waals surface area contributed by atoms with Gasteiger partial charge in [-0.3, -0.25) is 9.59 Å². The van der Waals surface area contributed by atoms with E-state index in [0.29, 0.717) is 18.2 Å². The molecule has 23 heavy (non-hydrogen) atoms. The zero-order chi connectivity index (χ0) is 17.1. The quantitative estimate of drug-likeness (QED) is 0.849. The van der Waals surface area contributed by atoms with Gasteiger partial charge < -0.3 is 10.6 Å². The fraction of sp³-hybridized carbons (Fsp3) is 0.0667. The number of benzene rings is 2. The Bertz CT molecular complexity index is 773. The molecule has 8 heteroatoms. The second-order valence-corrected chi connectivity index (χ2v) is 4.61. The van der Waals surface area contributed by atoms with Crippen LogP contribution < -0.4 is 10.6 Å². The van der Waals surface area contributed by atoms with Crippen LogP contribution >= 0.6 is 0 Å². The van der Waals surface area contributed by atoms with E-state index in [1.165, 1.54) is 0 Å². The van der Waals surface area contributed by atoms with Gasteiger partial charge in [0.05, 0.1) is 11.4 Å². The minimum atomic E-state index is -1.26. The number of halogens is 4. The van der Waals surface area contributed by atoms with Crippen molar-refractivity contribution in [2.45, 2.75) is 6.92 Å². The first-order valence-corrected chi connectivity index (χ1v) is 6.30. The molecule has 0 unspecified atom stereocenters. The van der Waals surface area contributed by atoms with Crippen LogP contribution in [0.15, 0.2) is 30.3 Å². The first-order valence-electron chi connectivity index (χ1n) is 6.30. The molecule has 0 heterocycles. The second kappa shape index (κ2) is 6.47. The third kappa shape index (κ3) is 4.06. The van der Waals surface area contributed by atoms with Crippen LogP contribution in [0.5, 0.6) is 0 Å². The lowest BCUT2D eigenvalue weighted by atomic mass is 10.2. The van der Waals surface area contributed by atoms with Crippen molar-refractivity contribution >= 4 is 23.2 Å². The molecule has 2 rings (SSSR count). The largest absolute Gasteiger partial charge is 0.324 e. The first-order chi connectivity index (χ1) is 10.8. The SMILES string of the molecule is CC(=O)Nc1cc(F)c(F)cc1NC(=O)c1cc(F)cc(F)c1. The third-order valence-corrected chi connectivity index (χ3v) is 2.74. The number of hydrogen-bond donors (Lipinski definition) is 2. The molecule has 0 radical (unpaired) electrons. The van der Waals surface area contributed by atoms with Crippen molar-refractivity contribution < 1.29 is 27.2 Å². The van der Waals surface area contributed by atoms with Crippen molar-refractivity contribution in [3.05, 3.63) is 59.2 Å². The van der Waals surface area contributed by atoms with Crippen LogP contribution in [0.2, 0.25) is 0 Å². The fourth-order valence-corrected chi connectivity index (χ4v) is 1.82. The highest BCUT2D eigenvalue weighted by molar-refractivity contribution is 6.07. The highest BCUT2D eigenvalue weighted by atomic mass is 19.2. The Hall–Kier alpha value is -2.90. The van der Waals surface area contributed by atoms with E-state index in [0.717, 1.165) is 19.1 Å². The van der Waals surface area contributed by atoms with Crippen LogP contribution in [0.25, 0.3) is 0 Å². The number of carbonyl (C=O) groups is 2. The summed E-state index contributed by atoms with van der Waals surface area (Å²) >= 11 is 0. The van der Waals surface area contributed by atoms with E-state index in [2.05, 4.69) is 10.6 Å². The second-order valence-electron chi connectivity index (χ2n) is 4.61. The monoisotopic (exact) mass is 326 g/mol. The summed E-state index contributed by atoms with van der Waals surface area (Å²) in [4.78, 5) is 23.0. The first kappa shape index (κ1) is 16.5. The average Bonchev–Trinajstić information content (AvgIpc) is 2.42. The van der Waals surface area contributed by atoms with Gasteiger partial charge in [0.25, 0.3) is 5.91 Å². The van der Waals surface area contributed by atoms with E-state index < -0.39 is 35.1 Å². The highest BCUT2D eigenvalue weighted by Gasteiger charge is 2.15. The van der Waals surface area contributed by atoms with Gasteiger partial charge in [-0.15, -0.1) is 0 Å². The Balaban J connectivity index is 2.36. The fourth-order valence-electron chi connectivity index (χ4n) is 1.82. The maximum Gasteiger partial charge on any atom is 0.255 e. The molecule has 2 aromatic carbocycles. The lowest BCUT2D eigenvalue weighted by Crippen LogP contribution is -2.16. The highest BCUT2D eigenvalue weighted by Crippen LogP contribution is 2.26. The summed E-state index contributed by atoms with van der Waals surface area (Å²) in [6.45, 7) is 1.13. The normalized spacial score (nSPS) is 10.3. The lowest BCUT2D eigenvalue weighted by Gasteiger charge is -2.12. The number of amides is 2. The van der Waals surface area contributed by atoms with Gasteiger partial charge in [0, 0.05) is 30.7 Å². The molecule has 0 saturated carbocycles. The standard InChI is InChI=1S/C15H10F4N2O2/c1-7(22)20-13-5-11(18)12(19)6-14(13)21-15(23)8-2-9(16)4-10(17)3-8/h2-6H,1H3,(H,20,22)(H,21,23). The lowest BCUT2D eigenvalue weighted by molar-refractivity contribution is -0.114. The van der Waals surface area contributed by atoms with Gasteiger partial charge in [-0.25, -0.2) is 17.6 Å². The van der Waals surface area contributed by atoms with E-state index in [1.54, 1.807) is 0 Å². The molecule has 0 aromatic heterocycles. The van der Waals surface area contributed by atoms with Crippen molar-refractivity contribution in [2.24, 2.45) is 0 Å². The Morgan fingerprint density at radius 2 is 1.26 bits per heavy atom. The van der Waals surface area contributed by atoms with Crippen LogP contribution in [0.1, 0.15) is 17.3 Å². The Morgan fingerprint density at radius 1 is 0.783 bits per heavy atom. The molecule has 2 amide bonds. The molecule has 2 aromatic rings. The summed E-state index contributed by atoms with van der Waals surface area (Å²) in [6.07, 6.45) is 0. The Morgan fingerprint density at radius 3 is 1.74 bits per heavy atom. The van der Waals surface area contributed by atoms with Gasteiger partial charge in [0.2, 0.25) is 5.91 Å². The molecule has 0 aliphatic carbocycles. The molecule has 0 spiro atoms. The predicted octanol–water partition coefficient (Wildman–Crippen LogP) is 3.45. The molecule has 0 fully saturated rings. The zero-order valence-corrected chi connectivity index (χ0v) is 11.7. The van der Waals surface area contributed by atoms with Crippen molar-refractivity contribution in [1.82, 2.24) is 0 Å². The van der Waals surface area contributed by atoms with Crippen LogP contribution in [-0.2, 0) is 4.79 Å². The molecule has 0 aliphatic heterocycles. The van der Waals surface area contributed by atoms with E-state index in [9.17, 15) is 27.2 Å². The molecule has 0 saturated heterocycles. The number of hydrogen-bond acceptors (Lipinski definition) is 2. The summed E-state index contributed by atoms with van der Waals surface area (Å²) in [6, 6.07) is 3.45. The summed E-state index contributed by atoms with van der Waals surface area (Å²) in [7, 11) is 0. The molecule has 4 nitrogen and oxygen atoms in total. The Labute approximate surface area is 128 Å². The topological polar surface area (TPSA) is 58.2 Å². The van der Waals surface area contributed by atoms with Gasteiger partial charge in [-0.1, -0.05) is 0 Å². The van der Waals surface area contributed by atoms with E-state index in [1.807, 2.05) is 0 Å². The minimum Gasteiger partial charge on any atom is -0.324 e. The van der Waals surface area contributed by atoms with Crippen LogP contribution in [0.3, 0.4) is 0 Å². The van der Waals surface area contributed by atoms with Crippen molar-refractivity contribution in [3.8, 4) is 0 Å². The van der Waals surface area contributed by atoms with Crippen LogP contribution in [0.4, 0.5) is 28.9 Å². The maximum absolute atomic E-state index is 13.3. The summed E-state index contributed by atoms with van der Waals surface area (Å²) in [5.41, 5.74) is -0.809. The maximum atomic E-state index is 13.3. The number of carbonyl (C=O) groups excluding carboxylic acids is 2. The molecule has 0 aliphatic rings.